The molecule has 2 heterocycles. The molecule has 2 aromatic heterocycles. The Morgan fingerprint density at radius 2 is 2.29 bits per heavy atom. The van der Waals surface area contributed by atoms with E-state index in [4.69, 9.17) is 5.73 Å². The maximum Gasteiger partial charge on any atom is 0.0920 e. The number of aliphatic hydroxyl groups is 1. The Balaban J connectivity index is 2.30. The van der Waals surface area contributed by atoms with Gasteiger partial charge in [0.25, 0.3) is 0 Å². The first kappa shape index (κ1) is 10.1. The molecule has 0 amide bonds. The number of aliphatic hydroxyl groups excluding tert-OH is 1. The normalized spacial score (nSPS) is 15.9. The zero-order chi connectivity index (χ0) is 10.1. The van der Waals surface area contributed by atoms with E-state index >= 15 is 0 Å². The van der Waals surface area contributed by atoms with E-state index in [0.717, 1.165) is 4.88 Å². The summed E-state index contributed by atoms with van der Waals surface area (Å²) in [5, 5.41) is 12.0. The maximum atomic E-state index is 9.94. The Morgan fingerprint density at radius 3 is 2.93 bits per heavy atom. The summed E-state index contributed by atoms with van der Waals surface area (Å²) in [7, 11) is 0. The van der Waals surface area contributed by atoms with Gasteiger partial charge in [-0.3, -0.25) is 0 Å². The van der Waals surface area contributed by atoms with Crippen LogP contribution in [0, 0.1) is 5.92 Å². The molecule has 0 saturated carbocycles. The zero-order valence-electron chi connectivity index (χ0n) is 7.93. The summed E-state index contributed by atoms with van der Waals surface area (Å²) in [5.74, 6) is 0.128. The first-order valence-corrected chi connectivity index (χ1v) is 6.27. The average molecular weight is 227 g/mol. The summed E-state index contributed by atoms with van der Waals surface area (Å²) >= 11 is 3.37. The van der Waals surface area contributed by atoms with Crippen LogP contribution in [0.1, 0.15) is 17.9 Å². The van der Waals surface area contributed by atoms with Gasteiger partial charge in [-0.15, -0.1) is 22.7 Å². The van der Waals surface area contributed by atoms with Gasteiger partial charge in [0.05, 0.1) is 6.10 Å². The molecule has 2 unspecified atom stereocenters. The minimum atomic E-state index is -0.412. The first-order valence-electron chi connectivity index (χ1n) is 4.57. The highest BCUT2D eigenvalue weighted by molar-refractivity contribution is 7.26. The average Bonchev–Trinajstić information content (AvgIpc) is 2.74. The van der Waals surface area contributed by atoms with Crippen LogP contribution < -0.4 is 5.73 Å². The number of rotatable bonds is 3. The monoisotopic (exact) mass is 227 g/mol. The standard InChI is InChI=1S/C10H13NOS2/c1-6(5-11)10(12)9-4-8-7(14-9)2-3-13-8/h2-4,6,10,12H,5,11H2,1H3. The van der Waals surface area contributed by atoms with Crippen molar-refractivity contribution in [3.8, 4) is 0 Å². The van der Waals surface area contributed by atoms with E-state index in [-0.39, 0.29) is 5.92 Å². The molecule has 0 aromatic carbocycles. The Kier molecular flexibility index (Phi) is 2.88. The second kappa shape index (κ2) is 3.98. The van der Waals surface area contributed by atoms with E-state index in [1.165, 1.54) is 9.40 Å². The fourth-order valence-corrected chi connectivity index (χ4v) is 3.58. The molecule has 0 spiro atoms. The van der Waals surface area contributed by atoms with E-state index in [2.05, 4.69) is 17.5 Å². The molecule has 4 heteroatoms. The van der Waals surface area contributed by atoms with Crippen LogP contribution in [-0.4, -0.2) is 11.7 Å². The molecular weight excluding hydrogens is 214 g/mol. The van der Waals surface area contributed by atoms with E-state index in [1.807, 2.05) is 6.92 Å². The summed E-state index contributed by atoms with van der Waals surface area (Å²) in [5.41, 5.74) is 5.53. The lowest BCUT2D eigenvalue weighted by Gasteiger charge is -2.14. The van der Waals surface area contributed by atoms with Gasteiger partial charge >= 0.3 is 0 Å². The topological polar surface area (TPSA) is 46.2 Å². The van der Waals surface area contributed by atoms with Crippen molar-refractivity contribution in [2.75, 3.05) is 6.54 Å². The molecule has 0 fully saturated rings. The minimum Gasteiger partial charge on any atom is -0.387 e. The van der Waals surface area contributed by atoms with Crippen LogP contribution in [0.2, 0.25) is 0 Å². The highest BCUT2D eigenvalue weighted by Gasteiger charge is 2.17. The SMILES string of the molecule is CC(CN)C(O)c1cc2sccc2s1. The Labute approximate surface area is 91.0 Å². The Hall–Kier alpha value is -0.420. The second-order valence-corrected chi connectivity index (χ2v) is 5.52. The molecule has 0 aliphatic carbocycles. The molecule has 2 nitrogen and oxygen atoms in total. The van der Waals surface area contributed by atoms with Crippen molar-refractivity contribution in [3.05, 3.63) is 22.4 Å². The molecular formula is C10H13NOS2. The van der Waals surface area contributed by atoms with Crippen molar-refractivity contribution in [2.45, 2.75) is 13.0 Å². The molecule has 2 rings (SSSR count). The maximum absolute atomic E-state index is 9.94. The van der Waals surface area contributed by atoms with Crippen molar-refractivity contribution in [1.29, 1.82) is 0 Å². The lowest BCUT2D eigenvalue weighted by molar-refractivity contribution is 0.125. The quantitative estimate of drug-likeness (QED) is 0.846. The van der Waals surface area contributed by atoms with E-state index < -0.39 is 6.10 Å². The highest BCUT2D eigenvalue weighted by Crippen LogP contribution is 2.35. The van der Waals surface area contributed by atoms with Crippen molar-refractivity contribution in [2.24, 2.45) is 11.7 Å². The van der Waals surface area contributed by atoms with Gasteiger partial charge in [-0.05, 0) is 30.0 Å². The third kappa shape index (κ3) is 1.70. The number of nitrogens with two attached hydrogens (primary N) is 1. The van der Waals surface area contributed by atoms with Gasteiger partial charge in [-0.25, -0.2) is 0 Å². The molecule has 14 heavy (non-hydrogen) atoms. The lowest BCUT2D eigenvalue weighted by Crippen LogP contribution is -2.17. The second-order valence-electron chi connectivity index (χ2n) is 3.46. The van der Waals surface area contributed by atoms with Crippen molar-refractivity contribution >= 4 is 32.1 Å². The third-order valence-corrected chi connectivity index (χ3v) is 4.52. The van der Waals surface area contributed by atoms with Gasteiger partial charge in [0.15, 0.2) is 0 Å². The Morgan fingerprint density at radius 1 is 1.50 bits per heavy atom. The Bertz CT molecular complexity index is 392. The summed E-state index contributed by atoms with van der Waals surface area (Å²) < 4.78 is 2.52. The smallest absolute Gasteiger partial charge is 0.0920 e. The van der Waals surface area contributed by atoms with E-state index in [0.29, 0.717) is 6.54 Å². The molecule has 0 radical (unpaired) electrons. The van der Waals surface area contributed by atoms with Crippen molar-refractivity contribution in [1.82, 2.24) is 0 Å². The number of hydrogen-bond donors (Lipinski definition) is 2. The van der Waals surface area contributed by atoms with Crippen LogP contribution in [0.4, 0.5) is 0 Å². The van der Waals surface area contributed by atoms with Gasteiger partial charge in [0.1, 0.15) is 0 Å². The number of thiophene rings is 2. The van der Waals surface area contributed by atoms with E-state index in [9.17, 15) is 5.11 Å². The van der Waals surface area contributed by atoms with Crippen LogP contribution in [0.25, 0.3) is 9.40 Å². The van der Waals surface area contributed by atoms with Gasteiger partial charge in [0.2, 0.25) is 0 Å². The van der Waals surface area contributed by atoms with Gasteiger partial charge < -0.3 is 10.8 Å². The van der Waals surface area contributed by atoms with Crippen LogP contribution in [0.5, 0.6) is 0 Å². The minimum absolute atomic E-state index is 0.128. The zero-order valence-corrected chi connectivity index (χ0v) is 9.57. The lowest BCUT2D eigenvalue weighted by atomic mass is 10.0. The fourth-order valence-electron chi connectivity index (χ4n) is 1.34. The highest BCUT2D eigenvalue weighted by atomic mass is 32.1. The molecule has 0 saturated heterocycles. The molecule has 0 aliphatic heterocycles. The van der Waals surface area contributed by atoms with Crippen molar-refractivity contribution < 1.29 is 5.11 Å². The third-order valence-electron chi connectivity index (χ3n) is 2.36. The largest absolute Gasteiger partial charge is 0.387 e. The van der Waals surface area contributed by atoms with Crippen LogP contribution in [0.15, 0.2) is 17.5 Å². The van der Waals surface area contributed by atoms with E-state index in [1.54, 1.807) is 22.7 Å². The fraction of sp³-hybridized carbons (Fsp3) is 0.400. The van der Waals surface area contributed by atoms with Gasteiger partial charge in [-0.1, -0.05) is 6.92 Å². The van der Waals surface area contributed by atoms with Gasteiger partial charge in [0, 0.05) is 14.3 Å². The number of hydrogen-bond acceptors (Lipinski definition) is 4. The molecule has 76 valence electrons. The van der Waals surface area contributed by atoms with Crippen molar-refractivity contribution in [3.63, 3.8) is 0 Å². The van der Waals surface area contributed by atoms with Gasteiger partial charge in [-0.2, -0.15) is 0 Å². The summed E-state index contributed by atoms with van der Waals surface area (Å²) in [6.45, 7) is 2.49. The molecule has 0 bridgehead atoms. The summed E-state index contributed by atoms with van der Waals surface area (Å²) in [6.07, 6.45) is -0.412. The summed E-state index contributed by atoms with van der Waals surface area (Å²) in [4.78, 5) is 1.03. The van der Waals surface area contributed by atoms with Crippen LogP contribution >= 0.6 is 22.7 Å². The predicted octanol–water partition coefficient (Wildman–Crippen LogP) is 2.59. The van der Waals surface area contributed by atoms with Crippen LogP contribution in [0.3, 0.4) is 0 Å². The predicted molar refractivity (Wildman–Crippen MR) is 62.9 cm³/mol. The van der Waals surface area contributed by atoms with Crippen LogP contribution in [-0.2, 0) is 0 Å². The molecule has 2 aromatic rings. The first-order chi connectivity index (χ1) is 6.72. The molecule has 2 atom stereocenters. The summed E-state index contributed by atoms with van der Waals surface area (Å²) in [6, 6.07) is 4.16. The molecule has 3 N–H and O–H groups in total. The number of fused-ring (bicyclic) bond motifs is 1. The molecule has 0 aliphatic rings.